The number of carbonyl (C=O) groups excluding carboxylic acids is 1. The molecule has 2 aromatic carbocycles. The third-order valence-corrected chi connectivity index (χ3v) is 9.69. The van der Waals surface area contributed by atoms with Gasteiger partial charge in [0.05, 0.1) is 24.4 Å². The molecule has 7 heteroatoms. The molecule has 228 valence electrons. The van der Waals surface area contributed by atoms with Gasteiger partial charge in [0.25, 0.3) is 5.91 Å². The Kier molecular flexibility index (Phi) is 8.44. The summed E-state index contributed by atoms with van der Waals surface area (Å²) in [5.74, 6) is 0.00568. The highest BCUT2D eigenvalue weighted by molar-refractivity contribution is 5.93. The molecule has 2 N–H and O–H groups in total. The lowest BCUT2D eigenvalue weighted by Crippen LogP contribution is -2.46. The summed E-state index contributed by atoms with van der Waals surface area (Å²) in [4.78, 5) is 19.2. The van der Waals surface area contributed by atoms with Crippen molar-refractivity contribution in [1.29, 1.82) is 0 Å². The Morgan fingerprint density at radius 2 is 1.72 bits per heavy atom. The highest BCUT2D eigenvalue weighted by Gasteiger charge is 2.51. The number of likely N-dealkylation sites (tertiary alicyclic amines) is 1. The highest BCUT2D eigenvalue weighted by Crippen LogP contribution is 2.53. The number of aromatic nitrogens is 1. The van der Waals surface area contributed by atoms with Crippen LogP contribution in [0, 0.1) is 16.7 Å². The maximum atomic E-state index is 12.5. The topological polar surface area (TPSA) is 83.9 Å². The second-order valence-corrected chi connectivity index (χ2v) is 14.1. The van der Waals surface area contributed by atoms with Gasteiger partial charge in [0, 0.05) is 49.6 Å². The Hall–Kier alpha value is -3.10. The molecule has 3 heterocycles. The van der Waals surface area contributed by atoms with E-state index in [0.717, 1.165) is 35.3 Å². The summed E-state index contributed by atoms with van der Waals surface area (Å²) in [6.07, 6.45) is 6.36. The molecule has 2 aliphatic heterocycles. The van der Waals surface area contributed by atoms with Crippen LogP contribution in [0.3, 0.4) is 0 Å². The number of hydrogen-bond acceptors (Lipinski definition) is 6. The zero-order valence-electron chi connectivity index (χ0n) is 25.8. The Bertz CT molecular complexity index is 1390. The number of benzene rings is 2. The summed E-state index contributed by atoms with van der Waals surface area (Å²) in [5.41, 5.74) is 5.23. The molecule has 1 aliphatic carbocycles. The van der Waals surface area contributed by atoms with Crippen molar-refractivity contribution in [2.45, 2.75) is 84.6 Å². The van der Waals surface area contributed by atoms with Gasteiger partial charge in [-0.2, -0.15) is 0 Å². The van der Waals surface area contributed by atoms with Crippen LogP contribution in [0.1, 0.15) is 92.0 Å². The van der Waals surface area contributed by atoms with Crippen molar-refractivity contribution in [3.05, 3.63) is 101 Å². The SMILES string of the molecule is C[C@H]1[C@@H](CN2CC3(C)CC2CC(C)(C)C3)O[C@@H](c2ccc(CNC(=O)c3cccnc3)cc2)O[C@H]1c1ccc(CO)cc1. The zero-order chi connectivity index (χ0) is 30.2. The first-order valence-corrected chi connectivity index (χ1v) is 15.6. The van der Waals surface area contributed by atoms with Crippen LogP contribution in [0.25, 0.3) is 0 Å². The summed E-state index contributed by atoms with van der Waals surface area (Å²) in [6, 6.07) is 20.3. The molecule has 1 amide bonds. The van der Waals surface area contributed by atoms with Gasteiger partial charge in [-0.1, -0.05) is 76.2 Å². The number of aliphatic hydroxyl groups is 1. The molecule has 3 aliphatic rings. The quantitative estimate of drug-likeness (QED) is 0.329. The fraction of sp³-hybridized carbons (Fsp3) is 0.500. The van der Waals surface area contributed by atoms with Gasteiger partial charge in [-0.25, -0.2) is 0 Å². The van der Waals surface area contributed by atoms with Crippen LogP contribution in [0.15, 0.2) is 73.1 Å². The minimum Gasteiger partial charge on any atom is -0.392 e. The van der Waals surface area contributed by atoms with Crippen molar-refractivity contribution < 1.29 is 19.4 Å². The van der Waals surface area contributed by atoms with Crippen molar-refractivity contribution in [1.82, 2.24) is 15.2 Å². The van der Waals surface area contributed by atoms with Gasteiger partial charge in [-0.05, 0) is 58.9 Å². The van der Waals surface area contributed by atoms with Gasteiger partial charge in [0.2, 0.25) is 0 Å². The first-order chi connectivity index (χ1) is 20.6. The number of pyridine rings is 1. The number of hydrogen-bond donors (Lipinski definition) is 2. The van der Waals surface area contributed by atoms with Crippen molar-refractivity contribution >= 4 is 5.91 Å². The third kappa shape index (κ3) is 6.70. The summed E-state index contributed by atoms with van der Waals surface area (Å²) < 4.78 is 13.5. The number of aliphatic hydroxyl groups excluding tert-OH is 1. The largest absolute Gasteiger partial charge is 0.392 e. The number of carbonyl (C=O) groups is 1. The summed E-state index contributed by atoms with van der Waals surface area (Å²) in [7, 11) is 0. The predicted molar refractivity (Wildman–Crippen MR) is 166 cm³/mol. The van der Waals surface area contributed by atoms with E-state index in [2.05, 4.69) is 55.0 Å². The first kappa shape index (κ1) is 29.9. The molecule has 0 spiro atoms. The van der Waals surface area contributed by atoms with Crippen molar-refractivity contribution in [3.63, 3.8) is 0 Å². The van der Waals surface area contributed by atoms with E-state index < -0.39 is 6.29 Å². The molecule has 2 unspecified atom stereocenters. The van der Waals surface area contributed by atoms with E-state index in [1.165, 1.54) is 19.3 Å². The Labute approximate surface area is 255 Å². The van der Waals surface area contributed by atoms with Crippen LogP contribution in [-0.4, -0.2) is 46.1 Å². The molecule has 6 rings (SSSR count). The van der Waals surface area contributed by atoms with Gasteiger partial charge >= 0.3 is 0 Å². The van der Waals surface area contributed by atoms with Crippen LogP contribution in [-0.2, 0) is 22.6 Å². The Balaban J connectivity index is 1.19. The van der Waals surface area contributed by atoms with Gasteiger partial charge < -0.3 is 19.9 Å². The third-order valence-electron chi connectivity index (χ3n) is 9.69. The van der Waals surface area contributed by atoms with Crippen LogP contribution in [0.2, 0.25) is 0 Å². The number of nitrogens with zero attached hydrogens (tertiary/aromatic N) is 2. The van der Waals surface area contributed by atoms with Crippen LogP contribution < -0.4 is 5.32 Å². The Morgan fingerprint density at radius 1 is 1.00 bits per heavy atom. The minimum absolute atomic E-state index is 0.00535. The van der Waals surface area contributed by atoms with Gasteiger partial charge in [-0.15, -0.1) is 0 Å². The lowest BCUT2D eigenvalue weighted by molar-refractivity contribution is -0.276. The van der Waals surface area contributed by atoms with E-state index >= 15 is 0 Å². The number of ether oxygens (including phenoxy) is 2. The molecule has 6 atom stereocenters. The molecule has 43 heavy (non-hydrogen) atoms. The van der Waals surface area contributed by atoms with Gasteiger partial charge in [0.1, 0.15) is 0 Å². The highest BCUT2D eigenvalue weighted by atomic mass is 16.7. The number of nitrogens with one attached hydrogen (secondary N) is 1. The monoisotopic (exact) mass is 583 g/mol. The van der Waals surface area contributed by atoms with E-state index in [1.54, 1.807) is 24.5 Å². The minimum atomic E-state index is -0.503. The molecule has 1 saturated carbocycles. The molecule has 3 aromatic rings. The summed E-state index contributed by atoms with van der Waals surface area (Å²) in [6.45, 7) is 12.0. The number of fused-ring (bicyclic) bond motifs is 2. The van der Waals surface area contributed by atoms with E-state index in [9.17, 15) is 9.90 Å². The fourth-order valence-corrected chi connectivity index (χ4v) is 7.92. The molecule has 2 bridgehead atoms. The molecule has 1 aromatic heterocycles. The normalized spacial score (nSPS) is 30.2. The number of rotatable bonds is 8. The molecule has 3 fully saturated rings. The van der Waals surface area contributed by atoms with E-state index in [0.29, 0.717) is 29.0 Å². The van der Waals surface area contributed by atoms with Crippen LogP contribution in [0.5, 0.6) is 0 Å². The molecule has 2 saturated heterocycles. The van der Waals surface area contributed by atoms with Crippen molar-refractivity contribution in [3.8, 4) is 0 Å². The maximum absolute atomic E-state index is 12.5. The Morgan fingerprint density at radius 3 is 2.42 bits per heavy atom. The van der Waals surface area contributed by atoms with Gasteiger partial charge in [-0.3, -0.25) is 14.7 Å². The number of amides is 1. The molecular formula is C36H45N3O4. The average molecular weight is 584 g/mol. The second-order valence-electron chi connectivity index (χ2n) is 14.1. The van der Waals surface area contributed by atoms with Crippen LogP contribution >= 0.6 is 0 Å². The van der Waals surface area contributed by atoms with E-state index in [4.69, 9.17) is 9.47 Å². The van der Waals surface area contributed by atoms with Crippen molar-refractivity contribution in [2.24, 2.45) is 16.7 Å². The van der Waals surface area contributed by atoms with Gasteiger partial charge in [0.15, 0.2) is 6.29 Å². The standard InChI is InChI=1S/C36H45N3O4/c1-24-31(20-39-23-36(4)17-30(39)16-35(2,3)22-36)42-34(43-32(24)27-11-9-26(21-40)10-12-27)28-13-7-25(8-14-28)18-38-33(41)29-6-5-15-37-19-29/h5-15,19,24,30-32,34,40H,16-18,20-23H2,1-4H3,(H,38,41)/t24-,30?,31+,32+,34+,36?/m0/s1. The van der Waals surface area contributed by atoms with E-state index in [-0.39, 0.29) is 30.6 Å². The molecule has 7 nitrogen and oxygen atoms in total. The smallest absolute Gasteiger partial charge is 0.253 e. The lowest BCUT2D eigenvalue weighted by atomic mass is 9.65. The first-order valence-electron chi connectivity index (χ1n) is 15.6. The average Bonchev–Trinajstić information content (AvgIpc) is 3.24. The van der Waals surface area contributed by atoms with Crippen molar-refractivity contribution in [2.75, 3.05) is 13.1 Å². The summed E-state index contributed by atoms with van der Waals surface area (Å²) in [5, 5.41) is 12.5. The summed E-state index contributed by atoms with van der Waals surface area (Å²) >= 11 is 0. The maximum Gasteiger partial charge on any atom is 0.253 e. The zero-order valence-corrected chi connectivity index (χ0v) is 25.8. The lowest BCUT2D eigenvalue weighted by Gasteiger charge is -2.43. The fourth-order valence-electron chi connectivity index (χ4n) is 7.92. The second kappa shape index (κ2) is 12.1. The van der Waals surface area contributed by atoms with E-state index in [1.807, 2.05) is 36.4 Å². The molecular weight excluding hydrogens is 538 g/mol. The molecule has 0 radical (unpaired) electrons. The predicted octanol–water partition coefficient (Wildman–Crippen LogP) is 6.20. The van der Waals surface area contributed by atoms with Crippen LogP contribution in [0.4, 0.5) is 0 Å².